The Morgan fingerprint density at radius 3 is 2.55 bits per heavy atom. The maximum Gasteiger partial charge on any atom is 0.248 e. The van der Waals surface area contributed by atoms with Crippen LogP contribution in [0.2, 0.25) is 0 Å². The fraction of sp³-hybridized carbons (Fsp3) is 0.867. The Kier molecular flexibility index (Phi) is 4.68. The van der Waals surface area contributed by atoms with E-state index in [0.29, 0.717) is 25.4 Å². The van der Waals surface area contributed by atoms with Crippen molar-refractivity contribution in [3.05, 3.63) is 0 Å². The fourth-order valence-electron chi connectivity index (χ4n) is 3.41. The second-order valence-electron chi connectivity index (χ2n) is 6.15. The molecule has 2 fully saturated rings. The first-order chi connectivity index (χ1) is 9.52. The Morgan fingerprint density at radius 1 is 1.25 bits per heavy atom. The minimum Gasteiger partial charge on any atom is -0.340 e. The van der Waals surface area contributed by atoms with E-state index in [-0.39, 0.29) is 18.4 Å². The lowest BCUT2D eigenvalue weighted by Gasteiger charge is -2.44. The zero-order valence-corrected chi connectivity index (χ0v) is 12.9. The number of likely N-dealkylation sites (tertiary alicyclic amines) is 1. The molecule has 2 amide bonds. The molecule has 2 saturated heterocycles. The first kappa shape index (κ1) is 15.3. The van der Waals surface area contributed by atoms with Crippen molar-refractivity contribution in [2.45, 2.75) is 57.5 Å². The van der Waals surface area contributed by atoms with Crippen molar-refractivity contribution in [2.75, 3.05) is 26.7 Å². The van der Waals surface area contributed by atoms with Gasteiger partial charge in [-0.15, -0.1) is 0 Å². The van der Waals surface area contributed by atoms with Gasteiger partial charge in [-0.2, -0.15) is 0 Å². The number of hydrogen-bond acceptors (Lipinski definition) is 3. The van der Waals surface area contributed by atoms with E-state index in [1.54, 1.807) is 4.90 Å². The highest BCUT2D eigenvalue weighted by atomic mass is 16.2. The van der Waals surface area contributed by atoms with Gasteiger partial charge in [-0.05, 0) is 39.3 Å². The van der Waals surface area contributed by atoms with E-state index in [9.17, 15) is 9.59 Å². The average Bonchev–Trinajstić information content (AvgIpc) is 2.45. The van der Waals surface area contributed by atoms with Crippen LogP contribution in [0, 0.1) is 0 Å². The number of rotatable bonds is 4. The lowest BCUT2D eigenvalue weighted by molar-refractivity contribution is -0.151. The van der Waals surface area contributed by atoms with Gasteiger partial charge < -0.3 is 15.1 Å². The molecule has 5 nitrogen and oxygen atoms in total. The topological polar surface area (TPSA) is 52.7 Å². The van der Waals surface area contributed by atoms with Crippen molar-refractivity contribution < 1.29 is 9.59 Å². The van der Waals surface area contributed by atoms with Crippen LogP contribution in [-0.2, 0) is 9.59 Å². The van der Waals surface area contributed by atoms with E-state index >= 15 is 0 Å². The van der Waals surface area contributed by atoms with Gasteiger partial charge in [0.1, 0.15) is 5.54 Å². The molecular formula is C15H27N3O2. The molecule has 0 saturated carbocycles. The normalized spacial score (nSPS) is 27.6. The summed E-state index contributed by atoms with van der Waals surface area (Å²) in [6.07, 6.45) is 4.88. The molecule has 0 aromatic carbocycles. The highest BCUT2D eigenvalue weighted by Crippen LogP contribution is 2.24. The van der Waals surface area contributed by atoms with Crippen LogP contribution in [0.4, 0.5) is 0 Å². The number of piperazine rings is 1. The number of carbonyl (C=O) groups is 2. The van der Waals surface area contributed by atoms with Crippen LogP contribution >= 0.6 is 0 Å². The van der Waals surface area contributed by atoms with Crippen LogP contribution in [0.1, 0.15) is 46.0 Å². The molecule has 0 bridgehead atoms. The number of piperidine rings is 1. The third-order valence-corrected chi connectivity index (χ3v) is 4.97. The maximum absolute atomic E-state index is 12.7. The van der Waals surface area contributed by atoms with Crippen molar-refractivity contribution >= 4 is 11.8 Å². The minimum atomic E-state index is -0.678. The van der Waals surface area contributed by atoms with E-state index in [4.69, 9.17) is 0 Å². The molecule has 2 heterocycles. The summed E-state index contributed by atoms with van der Waals surface area (Å²) in [5.74, 6) is 0.0767. The van der Waals surface area contributed by atoms with Gasteiger partial charge >= 0.3 is 0 Å². The van der Waals surface area contributed by atoms with Crippen LogP contribution < -0.4 is 5.32 Å². The highest BCUT2D eigenvalue weighted by Gasteiger charge is 2.44. The summed E-state index contributed by atoms with van der Waals surface area (Å²) < 4.78 is 0. The van der Waals surface area contributed by atoms with Crippen molar-refractivity contribution in [3.8, 4) is 0 Å². The van der Waals surface area contributed by atoms with Crippen LogP contribution in [0.5, 0.6) is 0 Å². The van der Waals surface area contributed by atoms with Crippen LogP contribution in [0.3, 0.4) is 0 Å². The monoisotopic (exact) mass is 281 g/mol. The first-order valence-electron chi connectivity index (χ1n) is 7.83. The Bertz CT molecular complexity index is 379. The molecule has 0 aromatic rings. The van der Waals surface area contributed by atoms with Gasteiger partial charge in [-0.3, -0.25) is 9.59 Å². The van der Waals surface area contributed by atoms with Gasteiger partial charge in [0.05, 0.1) is 6.54 Å². The van der Waals surface area contributed by atoms with Crippen molar-refractivity contribution in [1.29, 1.82) is 0 Å². The molecule has 0 spiro atoms. The predicted molar refractivity (Wildman–Crippen MR) is 78.3 cm³/mol. The van der Waals surface area contributed by atoms with Crippen LogP contribution in [0.25, 0.3) is 0 Å². The summed E-state index contributed by atoms with van der Waals surface area (Å²) in [7, 11) is 2.12. The molecule has 0 aromatic heterocycles. The lowest BCUT2D eigenvalue weighted by Crippen LogP contribution is -2.67. The SMILES string of the molecule is CCC1(CC)NC(=O)CN(CC2CCCCN2C)C1=O. The van der Waals surface area contributed by atoms with E-state index in [1.807, 2.05) is 13.8 Å². The number of carbonyl (C=O) groups excluding carboxylic acids is 2. The Hall–Kier alpha value is -1.10. The van der Waals surface area contributed by atoms with E-state index < -0.39 is 5.54 Å². The largest absolute Gasteiger partial charge is 0.340 e. The number of hydrogen-bond donors (Lipinski definition) is 1. The van der Waals surface area contributed by atoms with Crippen molar-refractivity contribution in [3.63, 3.8) is 0 Å². The molecule has 0 aliphatic carbocycles. The predicted octanol–water partition coefficient (Wildman–Crippen LogP) is 0.988. The van der Waals surface area contributed by atoms with Crippen LogP contribution in [0.15, 0.2) is 0 Å². The number of amides is 2. The molecule has 5 heteroatoms. The summed E-state index contributed by atoms with van der Waals surface area (Å²) in [6, 6.07) is 0.394. The molecule has 2 aliphatic rings. The Morgan fingerprint density at radius 2 is 1.95 bits per heavy atom. The quantitative estimate of drug-likeness (QED) is 0.836. The zero-order chi connectivity index (χ0) is 14.8. The molecule has 2 rings (SSSR count). The first-order valence-corrected chi connectivity index (χ1v) is 7.83. The van der Waals surface area contributed by atoms with Crippen molar-refractivity contribution in [1.82, 2.24) is 15.1 Å². The highest BCUT2D eigenvalue weighted by molar-refractivity contribution is 5.97. The van der Waals surface area contributed by atoms with Gasteiger partial charge in [-0.25, -0.2) is 0 Å². The summed E-state index contributed by atoms with van der Waals surface area (Å²) in [5, 5.41) is 2.91. The Labute approximate surface area is 121 Å². The minimum absolute atomic E-state index is 0.0215. The summed E-state index contributed by atoms with van der Waals surface area (Å²) in [6.45, 7) is 5.93. The second kappa shape index (κ2) is 6.12. The molecule has 2 aliphatic heterocycles. The van der Waals surface area contributed by atoms with Crippen LogP contribution in [-0.4, -0.2) is 59.9 Å². The third-order valence-electron chi connectivity index (χ3n) is 4.97. The Balaban J connectivity index is 2.10. The van der Waals surface area contributed by atoms with E-state index in [2.05, 4.69) is 17.3 Å². The molecule has 0 radical (unpaired) electrons. The standard InChI is InChI=1S/C15H27N3O2/c1-4-15(5-2)14(20)18(11-13(19)16-15)10-12-8-6-7-9-17(12)3/h12H,4-11H2,1-3H3,(H,16,19). The number of nitrogens with one attached hydrogen (secondary N) is 1. The third kappa shape index (κ3) is 2.82. The van der Waals surface area contributed by atoms with E-state index in [0.717, 1.165) is 13.0 Å². The summed E-state index contributed by atoms with van der Waals surface area (Å²) in [5.41, 5.74) is -0.678. The maximum atomic E-state index is 12.7. The molecule has 114 valence electrons. The number of likely N-dealkylation sites (N-methyl/N-ethyl adjacent to an activating group) is 1. The summed E-state index contributed by atoms with van der Waals surface area (Å²) >= 11 is 0. The van der Waals surface area contributed by atoms with Gasteiger partial charge in [0.15, 0.2) is 0 Å². The molecule has 20 heavy (non-hydrogen) atoms. The zero-order valence-electron chi connectivity index (χ0n) is 12.9. The van der Waals surface area contributed by atoms with Gasteiger partial charge in [0.25, 0.3) is 0 Å². The van der Waals surface area contributed by atoms with Gasteiger partial charge in [0.2, 0.25) is 11.8 Å². The van der Waals surface area contributed by atoms with E-state index in [1.165, 1.54) is 12.8 Å². The average molecular weight is 281 g/mol. The smallest absolute Gasteiger partial charge is 0.248 e. The molecule has 1 N–H and O–H groups in total. The molecule has 1 unspecified atom stereocenters. The molecular weight excluding hydrogens is 254 g/mol. The second-order valence-corrected chi connectivity index (χ2v) is 6.15. The summed E-state index contributed by atoms with van der Waals surface area (Å²) in [4.78, 5) is 28.8. The lowest BCUT2D eigenvalue weighted by atomic mass is 9.88. The van der Waals surface area contributed by atoms with Crippen molar-refractivity contribution in [2.24, 2.45) is 0 Å². The van der Waals surface area contributed by atoms with Gasteiger partial charge in [-0.1, -0.05) is 20.3 Å². The fourth-order valence-corrected chi connectivity index (χ4v) is 3.41. The number of nitrogens with zero attached hydrogens (tertiary/aromatic N) is 2. The molecule has 1 atom stereocenters. The van der Waals surface area contributed by atoms with Gasteiger partial charge in [0, 0.05) is 12.6 Å².